The van der Waals surface area contributed by atoms with Crippen molar-refractivity contribution < 1.29 is 22.7 Å². The summed E-state index contributed by atoms with van der Waals surface area (Å²) in [4.78, 5) is 11.5. The number of benzene rings is 2. The highest BCUT2D eigenvalue weighted by atomic mass is 32.2. The Labute approximate surface area is 183 Å². The Kier molecular flexibility index (Phi) is 5.21. The third kappa shape index (κ3) is 3.40. The van der Waals surface area contributed by atoms with Gasteiger partial charge in [-0.3, -0.25) is 4.79 Å². The third-order valence-electron chi connectivity index (χ3n) is 5.49. The molecule has 0 unspecified atom stereocenters. The summed E-state index contributed by atoms with van der Waals surface area (Å²) in [5.74, 6) is -1.56. The highest BCUT2D eigenvalue weighted by Gasteiger charge is 2.31. The van der Waals surface area contributed by atoms with E-state index in [4.69, 9.17) is 5.41 Å². The number of fused-ring (bicyclic) bond motifs is 2. The molecule has 0 spiro atoms. The number of sulfone groups is 1. The van der Waals surface area contributed by atoms with Gasteiger partial charge in [-0.05, 0) is 36.8 Å². The molecule has 1 aliphatic heterocycles. The molecule has 0 saturated carbocycles. The summed E-state index contributed by atoms with van der Waals surface area (Å²) < 4.78 is 41.7. The van der Waals surface area contributed by atoms with E-state index in [9.17, 15) is 22.7 Å². The number of aliphatic carboxylic acids is 1. The monoisotopic (exact) mass is 453 g/mol. The first-order valence-electron chi connectivity index (χ1n) is 9.68. The first kappa shape index (κ1) is 21.5. The molecule has 0 amide bonds. The van der Waals surface area contributed by atoms with Gasteiger partial charge < -0.3 is 20.4 Å². The third-order valence-corrected chi connectivity index (χ3v) is 6.98. The van der Waals surface area contributed by atoms with Crippen LogP contribution in [0, 0.1) is 18.2 Å². The van der Waals surface area contributed by atoms with Crippen LogP contribution in [0.15, 0.2) is 52.9 Å². The number of allylic oxidation sites excluding steroid dienone is 1. The second kappa shape index (κ2) is 7.76. The summed E-state index contributed by atoms with van der Waals surface area (Å²) in [7, 11) is -2.11. The summed E-state index contributed by atoms with van der Waals surface area (Å²) >= 11 is 0. The molecule has 0 radical (unpaired) electrons. The minimum Gasteiger partial charge on any atom is -0.480 e. The molecule has 0 atom stereocenters. The molecule has 32 heavy (non-hydrogen) atoms. The van der Waals surface area contributed by atoms with Crippen LogP contribution in [0.1, 0.15) is 22.4 Å². The van der Waals surface area contributed by atoms with Crippen molar-refractivity contribution in [2.75, 3.05) is 7.05 Å². The molecule has 7 nitrogen and oxygen atoms in total. The predicted molar refractivity (Wildman–Crippen MR) is 121 cm³/mol. The second-order valence-electron chi connectivity index (χ2n) is 7.42. The maximum atomic E-state index is 14.1. The van der Waals surface area contributed by atoms with Crippen molar-refractivity contribution in [2.45, 2.75) is 18.4 Å². The normalized spacial score (nSPS) is 14.8. The molecule has 0 aliphatic carbocycles. The topological polar surface area (TPSA) is 112 Å². The molecule has 0 bridgehead atoms. The lowest BCUT2D eigenvalue weighted by atomic mass is 9.95. The van der Waals surface area contributed by atoms with Gasteiger partial charge in [0, 0.05) is 63.7 Å². The number of carboxylic acids is 1. The van der Waals surface area contributed by atoms with Gasteiger partial charge in [0.1, 0.15) is 12.4 Å². The molecule has 2 aromatic carbocycles. The maximum Gasteiger partial charge on any atom is 0.323 e. The van der Waals surface area contributed by atoms with Gasteiger partial charge in [-0.15, -0.1) is 0 Å². The number of hydrogen-bond acceptors (Lipinski definition) is 5. The van der Waals surface area contributed by atoms with Crippen molar-refractivity contribution >= 4 is 44.1 Å². The van der Waals surface area contributed by atoms with E-state index < -0.39 is 21.6 Å². The van der Waals surface area contributed by atoms with Crippen LogP contribution in [0.25, 0.3) is 22.0 Å². The lowest BCUT2D eigenvalue weighted by Crippen LogP contribution is -2.10. The Balaban J connectivity index is 1.99. The quantitative estimate of drug-likeness (QED) is 0.494. The van der Waals surface area contributed by atoms with Gasteiger partial charge in [-0.25, -0.2) is 12.8 Å². The largest absolute Gasteiger partial charge is 0.480 e. The lowest BCUT2D eigenvalue weighted by molar-refractivity contribution is -0.137. The zero-order valence-electron chi connectivity index (χ0n) is 17.3. The van der Waals surface area contributed by atoms with E-state index >= 15 is 0 Å². The second-order valence-corrected chi connectivity index (χ2v) is 9.19. The van der Waals surface area contributed by atoms with Crippen molar-refractivity contribution in [1.29, 1.82) is 5.41 Å². The zero-order chi connectivity index (χ0) is 23.2. The fourth-order valence-corrected chi connectivity index (χ4v) is 5.59. The Morgan fingerprint density at radius 1 is 1.25 bits per heavy atom. The average molecular weight is 453 g/mol. The van der Waals surface area contributed by atoms with E-state index in [0.29, 0.717) is 44.4 Å². The van der Waals surface area contributed by atoms with Crippen molar-refractivity contribution in [3.63, 3.8) is 0 Å². The van der Waals surface area contributed by atoms with Crippen molar-refractivity contribution in [3.05, 3.63) is 76.2 Å². The van der Waals surface area contributed by atoms with Crippen LogP contribution in [0.3, 0.4) is 0 Å². The fraction of sp³-hybridized carbons (Fsp3) is 0.130. The SMILES string of the molecule is CN/C=C(\C=N)c1ccc2c(c1)S(=O)(=O)C=C2c1c(C)n(CC(=O)O)c2ccc(F)cc12. The number of hydrogen-bond donors (Lipinski definition) is 3. The molecule has 164 valence electrons. The minimum absolute atomic E-state index is 0.0868. The highest BCUT2D eigenvalue weighted by Crippen LogP contribution is 2.43. The number of halogens is 1. The van der Waals surface area contributed by atoms with Crippen molar-refractivity contribution in [3.8, 4) is 0 Å². The first-order valence-corrected chi connectivity index (χ1v) is 11.2. The standard InChI is InChI=1S/C23H20FN3O4S/c1-13-23(18-8-16(24)4-6-20(18)27(13)11-22(28)29)19-12-32(30,31)21-7-14(3-5-17(19)21)15(9-25)10-26-2/h3-10,12,25-26H,11H2,1-2H3,(H,28,29)/b15-10+,25-9?. The number of carboxylic acid groups (broad SMARTS) is 1. The molecule has 0 saturated heterocycles. The molecule has 2 heterocycles. The van der Waals surface area contributed by atoms with E-state index in [0.717, 1.165) is 11.6 Å². The van der Waals surface area contributed by atoms with Gasteiger partial charge in [-0.1, -0.05) is 12.1 Å². The summed E-state index contributed by atoms with van der Waals surface area (Å²) in [6.45, 7) is 1.36. The molecule has 0 fully saturated rings. The molecule has 3 N–H and O–H groups in total. The van der Waals surface area contributed by atoms with Gasteiger partial charge in [0.15, 0.2) is 0 Å². The smallest absolute Gasteiger partial charge is 0.323 e. The van der Waals surface area contributed by atoms with E-state index in [-0.39, 0.29) is 11.4 Å². The van der Waals surface area contributed by atoms with Crippen LogP contribution in [-0.2, 0) is 21.2 Å². The number of nitrogens with zero attached hydrogens (tertiary/aromatic N) is 1. The molecule has 4 rings (SSSR count). The van der Waals surface area contributed by atoms with E-state index in [2.05, 4.69) is 5.32 Å². The molecule has 9 heteroatoms. The fourth-order valence-electron chi connectivity index (χ4n) is 4.13. The first-order chi connectivity index (χ1) is 15.2. The van der Waals surface area contributed by atoms with Gasteiger partial charge in [0.05, 0.1) is 4.90 Å². The summed E-state index contributed by atoms with van der Waals surface area (Å²) in [6.07, 6.45) is 2.72. The molecule has 3 aromatic rings. The number of aromatic nitrogens is 1. The van der Waals surface area contributed by atoms with Crippen LogP contribution in [0.4, 0.5) is 4.39 Å². The molecule has 1 aromatic heterocycles. The summed E-state index contributed by atoms with van der Waals surface area (Å²) in [5, 5.41) is 21.3. The maximum absolute atomic E-state index is 14.1. The van der Waals surface area contributed by atoms with Gasteiger partial charge >= 0.3 is 5.97 Å². The Morgan fingerprint density at radius 3 is 2.66 bits per heavy atom. The number of carbonyl (C=O) groups is 1. The lowest BCUT2D eigenvalue weighted by Gasteiger charge is -2.09. The Morgan fingerprint density at radius 2 is 2.00 bits per heavy atom. The van der Waals surface area contributed by atoms with Gasteiger partial charge in [-0.2, -0.15) is 0 Å². The summed E-state index contributed by atoms with van der Waals surface area (Å²) in [5.41, 5.74) is 3.42. The predicted octanol–water partition coefficient (Wildman–Crippen LogP) is 3.56. The molecular formula is C23H20FN3O4S. The Hall–Kier alpha value is -3.72. The van der Waals surface area contributed by atoms with Crippen LogP contribution in [0.5, 0.6) is 0 Å². The van der Waals surface area contributed by atoms with E-state index in [1.54, 1.807) is 32.3 Å². The molecule has 1 aliphatic rings. The van der Waals surface area contributed by atoms with Crippen LogP contribution >= 0.6 is 0 Å². The van der Waals surface area contributed by atoms with E-state index in [1.165, 1.54) is 28.8 Å². The van der Waals surface area contributed by atoms with Crippen molar-refractivity contribution in [2.24, 2.45) is 0 Å². The average Bonchev–Trinajstić information content (AvgIpc) is 3.15. The van der Waals surface area contributed by atoms with Crippen LogP contribution < -0.4 is 5.32 Å². The van der Waals surface area contributed by atoms with Crippen LogP contribution in [0.2, 0.25) is 0 Å². The van der Waals surface area contributed by atoms with E-state index in [1.807, 2.05) is 0 Å². The molecular weight excluding hydrogens is 433 g/mol. The summed E-state index contributed by atoms with van der Waals surface area (Å²) in [6, 6.07) is 8.92. The highest BCUT2D eigenvalue weighted by molar-refractivity contribution is 7.95. The minimum atomic E-state index is -3.80. The van der Waals surface area contributed by atoms with Gasteiger partial charge in [0.2, 0.25) is 9.84 Å². The number of nitrogens with one attached hydrogen (secondary N) is 2. The zero-order valence-corrected chi connectivity index (χ0v) is 18.1. The Bertz CT molecular complexity index is 1470. The van der Waals surface area contributed by atoms with Crippen LogP contribution in [-0.4, -0.2) is 37.3 Å². The number of rotatable bonds is 6. The van der Waals surface area contributed by atoms with Gasteiger partial charge in [0.25, 0.3) is 0 Å². The van der Waals surface area contributed by atoms with Crippen molar-refractivity contribution in [1.82, 2.24) is 9.88 Å².